The van der Waals surface area contributed by atoms with Gasteiger partial charge in [0.15, 0.2) is 0 Å². The van der Waals surface area contributed by atoms with Crippen LogP contribution in [0.4, 0.5) is 0 Å². The lowest BCUT2D eigenvalue weighted by Crippen LogP contribution is -2.29. The summed E-state index contributed by atoms with van der Waals surface area (Å²) in [6, 6.07) is 8.62. The van der Waals surface area contributed by atoms with Gasteiger partial charge < -0.3 is 5.11 Å². The van der Waals surface area contributed by atoms with E-state index in [1.54, 1.807) is 0 Å². The molecule has 3 rings (SSSR count). The zero-order valence-corrected chi connectivity index (χ0v) is 12.9. The summed E-state index contributed by atoms with van der Waals surface area (Å²) >= 11 is 6.26. The normalized spacial score (nSPS) is 19.4. The Morgan fingerprint density at radius 1 is 1.33 bits per heavy atom. The van der Waals surface area contributed by atoms with Crippen molar-refractivity contribution in [3.8, 4) is 0 Å². The van der Waals surface area contributed by atoms with Gasteiger partial charge in [0, 0.05) is 35.8 Å². The Kier molecular flexibility index (Phi) is 4.73. The van der Waals surface area contributed by atoms with Gasteiger partial charge in [-0.15, -0.1) is 0 Å². The second-order valence-corrected chi connectivity index (χ2v) is 6.15. The lowest BCUT2D eigenvalue weighted by atomic mass is 10.1. The third kappa shape index (κ3) is 3.20. The molecule has 0 radical (unpaired) electrons. The number of nitrogens with zero attached hydrogens (tertiary/aromatic N) is 2. The van der Waals surface area contributed by atoms with Gasteiger partial charge in [-0.2, -0.15) is 0 Å². The van der Waals surface area contributed by atoms with Crippen LogP contribution in [0.2, 0.25) is 5.02 Å². The molecule has 112 valence electrons. The molecule has 1 unspecified atom stereocenters. The van der Waals surface area contributed by atoms with Crippen LogP contribution in [0.15, 0.2) is 30.5 Å². The summed E-state index contributed by atoms with van der Waals surface area (Å²) in [6.45, 7) is 2.34. The second kappa shape index (κ2) is 6.73. The highest BCUT2D eigenvalue weighted by molar-refractivity contribution is 6.35. The van der Waals surface area contributed by atoms with Gasteiger partial charge >= 0.3 is 0 Å². The molecule has 0 amide bonds. The number of aromatic nitrogens is 1. The average molecular weight is 305 g/mol. The lowest BCUT2D eigenvalue weighted by molar-refractivity contribution is 0.210. The summed E-state index contributed by atoms with van der Waals surface area (Å²) < 4.78 is 0. The van der Waals surface area contributed by atoms with Gasteiger partial charge in [0.1, 0.15) is 0 Å². The SMILES string of the molecule is OCCCC1CCCN1Cc1ccc(Cl)c2cccnc12. The quantitative estimate of drug-likeness (QED) is 0.916. The van der Waals surface area contributed by atoms with Crippen molar-refractivity contribution in [2.75, 3.05) is 13.2 Å². The Balaban J connectivity index is 1.83. The molecule has 2 heterocycles. The first kappa shape index (κ1) is 14.8. The summed E-state index contributed by atoms with van der Waals surface area (Å²) in [5.74, 6) is 0. The van der Waals surface area contributed by atoms with Gasteiger partial charge in [-0.3, -0.25) is 9.88 Å². The first-order valence-electron chi connectivity index (χ1n) is 7.66. The van der Waals surface area contributed by atoms with Crippen molar-refractivity contribution in [1.29, 1.82) is 0 Å². The minimum Gasteiger partial charge on any atom is -0.396 e. The van der Waals surface area contributed by atoms with Gasteiger partial charge in [-0.1, -0.05) is 17.7 Å². The lowest BCUT2D eigenvalue weighted by Gasteiger charge is -2.24. The third-order valence-corrected chi connectivity index (χ3v) is 4.70. The van der Waals surface area contributed by atoms with Crippen molar-refractivity contribution in [3.05, 3.63) is 41.0 Å². The van der Waals surface area contributed by atoms with Gasteiger partial charge in [0.25, 0.3) is 0 Å². The number of pyridine rings is 1. The highest BCUT2D eigenvalue weighted by Crippen LogP contribution is 2.28. The van der Waals surface area contributed by atoms with E-state index in [2.05, 4.69) is 16.0 Å². The van der Waals surface area contributed by atoms with Crippen LogP contribution >= 0.6 is 11.6 Å². The van der Waals surface area contributed by atoms with Crippen LogP contribution in [0, 0.1) is 0 Å². The van der Waals surface area contributed by atoms with Crippen LogP contribution in [0.1, 0.15) is 31.2 Å². The van der Waals surface area contributed by atoms with Crippen molar-refractivity contribution in [3.63, 3.8) is 0 Å². The molecule has 1 aromatic carbocycles. The van der Waals surface area contributed by atoms with Crippen molar-refractivity contribution in [2.45, 2.75) is 38.3 Å². The van der Waals surface area contributed by atoms with E-state index in [4.69, 9.17) is 16.7 Å². The van der Waals surface area contributed by atoms with E-state index in [-0.39, 0.29) is 6.61 Å². The molecular weight excluding hydrogens is 284 g/mol. The van der Waals surface area contributed by atoms with E-state index in [0.29, 0.717) is 6.04 Å². The summed E-state index contributed by atoms with van der Waals surface area (Å²) in [4.78, 5) is 7.04. The minimum absolute atomic E-state index is 0.287. The molecule has 1 atom stereocenters. The summed E-state index contributed by atoms with van der Waals surface area (Å²) in [6.07, 6.45) is 6.28. The largest absolute Gasteiger partial charge is 0.396 e. The zero-order valence-electron chi connectivity index (χ0n) is 12.1. The Hall–Kier alpha value is -1.16. The van der Waals surface area contributed by atoms with E-state index >= 15 is 0 Å². The van der Waals surface area contributed by atoms with Crippen LogP contribution in [-0.2, 0) is 6.54 Å². The maximum atomic E-state index is 9.03. The van der Waals surface area contributed by atoms with Gasteiger partial charge in [-0.05, 0) is 56.0 Å². The van der Waals surface area contributed by atoms with Crippen molar-refractivity contribution < 1.29 is 5.11 Å². The molecule has 0 spiro atoms. The van der Waals surface area contributed by atoms with Crippen LogP contribution in [0.5, 0.6) is 0 Å². The van der Waals surface area contributed by atoms with E-state index in [9.17, 15) is 0 Å². The topological polar surface area (TPSA) is 36.4 Å². The molecule has 21 heavy (non-hydrogen) atoms. The molecule has 4 heteroatoms. The maximum absolute atomic E-state index is 9.03. The Morgan fingerprint density at radius 3 is 3.10 bits per heavy atom. The van der Waals surface area contributed by atoms with Crippen LogP contribution in [0.3, 0.4) is 0 Å². The van der Waals surface area contributed by atoms with Gasteiger partial charge in [0.2, 0.25) is 0 Å². The molecule has 1 aliphatic rings. The summed E-state index contributed by atoms with van der Waals surface area (Å²) in [5.41, 5.74) is 2.25. The number of aliphatic hydroxyl groups excluding tert-OH is 1. The minimum atomic E-state index is 0.287. The molecule has 1 fully saturated rings. The highest BCUT2D eigenvalue weighted by atomic mass is 35.5. The summed E-state index contributed by atoms with van der Waals surface area (Å²) in [7, 11) is 0. The number of fused-ring (bicyclic) bond motifs is 1. The molecule has 0 bridgehead atoms. The number of hydrogen-bond acceptors (Lipinski definition) is 3. The van der Waals surface area contributed by atoms with Crippen molar-refractivity contribution in [2.24, 2.45) is 0 Å². The molecule has 2 aromatic rings. The van der Waals surface area contributed by atoms with E-state index in [0.717, 1.165) is 41.9 Å². The van der Waals surface area contributed by atoms with Crippen molar-refractivity contribution >= 4 is 22.5 Å². The van der Waals surface area contributed by atoms with Gasteiger partial charge in [0.05, 0.1) is 5.52 Å². The maximum Gasteiger partial charge on any atom is 0.0761 e. The highest BCUT2D eigenvalue weighted by Gasteiger charge is 2.24. The first-order valence-corrected chi connectivity index (χ1v) is 8.04. The number of benzene rings is 1. The van der Waals surface area contributed by atoms with Crippen LogP contribution < -0.4 is 0 Å². The fraction of sp³-hybridized carbons (Fsp3) is 0.471. The predicted molar refractivity (Wildman–Crippen MR) is 86.5 cm³/mol. The molecule has 1 aliphatic heterocycles. The van der Waals surface area contributed by atoms with Gasteiger partial charge in [-0.25, -0.2) is 0 Å². The molecular formula is C17H21ClN2O. The smallest absolute Gasteiger partial charge is 0.0761 e. The average Bonchev–Trinajstić information content (AvgIpc) is 2.95. The fourth-order valence-corrected chi connectivity index (χ4v) is 3.52. The number of rotatable bonds is 5. The standard InChI is InChI=1S/C17H21ClN2O/c18-16-8-7-13(17-15(16)6-1-9-19-17)12-20-10-2-4-14(20)5-3-11-21/h1,6-9,14,21H,2-5,10-12H2. The number of halogens is 1. The van der Waals surface area contributed by atoms with E-state index < -0.39 is 0 Å². The number of hydrogen-bond donors (Lipinski definition) is 1. The molecule has 1 aromatic heterocycles. The predicted octanol–water partition coefficient (Wildman–Crippen LogP) is 3.63. The molecule has 0 saturated carbocycles. The second-order valence-electron chi connectivity index (χ2n) is 5.74. The molecule has 3 nitrogen and oxygen atoms in total. The van der Waals surface area contributed by atoms with E-state index in [1.165, 1.54) is 18.4 Å². The van der Waals surface area contributed by atoms with E-state index in [1.807, 2.05) is 24.4 Å². The Labute approximate surface area is 130 Å². The third-order valence-electron chi connectivity index (χ3n) is 4.37. The molecule has 1 saturated heterocycles. The molecule has 0 aliphatic carbocycles. The van der Waals surface area contributed by atoms with Crippen molar-refractivity contribution in [1.82, 2.24) is 9.88 Å². The monoisotopic (exact) mass is 304 g/mol. The Morgan fingerprint density at radius 2 is 2.24 bits per heavy atom. The number of aliphatic hydroxyl groups is 1. The fourth-order valence-electron chi connectivity index (χ4n) is 3.30. The van der Waals surface area contributed by atoms with Crippen LogP contribution in [0.25, 0.3) is 10.9 Å². The van der Waals surface area contributed by atoms with Crippen LogP contribution in [-0.4, -0.2) is 34.2 Å². The first-order chi connectivity index (χ1) is 10.3. The molecule has 1 N–H and O–H groups in total. The zero-order chi connectivity index (χ0) is 14.7. The summed E-state index contributed by atoms with van der Waals surface area (Å²) in [5, 5.41) is 10.8. The Bertz CT molecular complexity index is 617. The number of likely N-dealkylation sites (tertiary alicyclic amines) is 1.